The molecule has 1 aromatic rings. The highest BCUT2D eigenvalue weighted by molar-refractivity contribution is 7.78. The number of methoxy groups -OCH3 is 1. The third-order valence-electron chi connectivity index (χ3n) is 4.22. The molecule has 1 N–H and O–H groups in total. The largest absolute Gasteiger partial charge is 0.447 e. The number of benzene rings is 1. The fourth-order valence-electron chi connectivity index (χ4n) is 2.88. The van der Waals surface area contributed by atoms with E-state index in [-0.39, 0.29) is 6.09 Å². The van der Waals surface area contributed by atoms with E-state index in [4.69, 9.17) is 31.2 Å². The monoisotopic (exact) mass is 395 g/mol. The smallest absolute Gasteiger partial charge is 0.414 e. The molecule has 1 unspecified atom stereocenters. The number of nitrogens with one attached hydrogen (secondary N) is 1. The average Bonchev–Trinajstić information content (AvgIpc) is 3.27. The van der Waals surface area contributed by atoms with Gasteiger partial charge in [0.25, 0.3) is 0 Å². The summed E-state index contributed by atoms with van der Waals surface area (Å²) < 4.78 is 21.0. The van der Waals surface area contributed by atoms with Crippen LogP contribution in [0.1, 0.15) is 0 Å². The lowest BCUT2D eigenvalue weighted by molar-refractivity contribution is -0.0471. The van der Waals surface area contributed by atoms with Crippen LogP contribution in [-0.2, 0) is 18.9 Å². The first-order chi connectivity index (χ1) is 13.1. The molecule has 0 aliphatic carbocycles. The van der Waals surface area contributed by atoms with Gasteiger partial charge in [-0.15, -0.1) is 0 Å². The highest BCUT2D eigenvalue weighted by Gasteiger charge is 2.38. The second-order valence-corrected chi connectivity index (χ2v) is 6.12. The summed E-state index contributed by atoms with van der Waals surface area (Å²) >= 11 is 4.83. The maximum Gasteiger partial charge on any atom is 0.414 e. The van der Waals surface area contributed by atoms with Gasteiger partial charge in [-0.2, -0.15) is 0 Å². The van der Waals surface area contributed by atoms with E-state index in [2.05, 4.69) is 5.32 Å². The molecule has 2 heterocycles. The van der Waals surface area contributed by atoms with Crippen LogP contribution in [-0.4, -0.2) is 70.0 Å². The predicted octanol–water partition coefficient (Wildman–Crippen LogP) is 1.50. The molecule has 1 aromatic carbocycles. The van der Waals surface area contributed by atoms with Crippen molar-refractivity contribution < 1.29 is 28.5 Å². The molecule has 2 aliphatic heterocycles. The Morgan fingerprint density at radius 1 is 1.22 bits per heavy atom. The molecule has 0 bridgehead atoms. The first-order valence-electron chi connectivity index (χ1n) is 8.47. The van der Waals surface area contributed by atoms with Gasteiger partial charge in [0.05, 0.1) is 31.8 Å². The normalized spacial score (nSPS) is 20.4. The van der Waals surface area contributed by atoms with Gasteiger partial charge in [0, 0.05) is 18.5 Å². The second-order valence-electron chi connectivity index (χ2n) is 5.88. The maximum atomic E-state index is 12.3. The Labute approximate surface area is 162 Å². The van der Waals surface area contributed by atoms with Crippen LogP contribution in [0, 0.1) is 0 Å². The number of nitrogens with zero attached hydrogens (tertiary/aromatic N) is 2. The number of carbonyl (C=O) groups excluding carboxylic acids is 2. The summed E-state index contributed by atoms with van der Waals surface area (Å²) in [6, 6.07) is 7.06. The minimum absolute atomic E-state index is 0.303. The molecular weight excluding hydrogens is 374 g/mol. The van der Waals surface area contributed by atoms with Gasteiger partial charge in [-0.05, 0) is 24.3 Å². The lowest BCUT2D eigenvalue weighted by Crippen LogP contribution is -2.44. The standard InChI is InChI=1S/C17H21N3O6S/c1-23-8-9-24-15(18-11-27)14-10-20(17(22)26-14)13-4-2-12(3-5-13)19-6-7-25-16(19)21/h2-5,11,14-15H,6-10H2,1H3,(H,18,27)/t14-,15?/m0/s1. The molecule has 2 saturated heterocycles. The molecule has 2 aliphatic rings. The Bertz CT molecular complexity index is 686. The molecule has 9 nitrogen and oxygen atoms in total. The van der Waals surface area contributed by atoms with Crippen molar-refractivity contribution in [2.24, 2.45) is 0 Å². The Morgan fingerprint density at radius 3 is 2.52 bits per heavy atom. The van der Waals surface area contributed by atoms with Crippen LogP contribution in [0.5, 0.6) is 0 Å². The first kappa shape index (κ1) is 19.3. The molecule has 0 spiro atoms. The molecule has 0 saturated carbocycles. The Hall–Kier alpha value is -2.43. The van der Waals surface area contributed by atoms with E-state index in [0.717, 1.165) is 0 Å². The number of rotatable bonds is 9. The summed E-state index contributed by atoms with van der Waals surface area (Å²) in [5.74, 6) is 0. The third-order valence-corrected chi connectivity index (χ3v) is 4.36. The van der Waals surface area contributed by atoms with Gasteiger partial charge in [0.1, 0.15) is 6.61 Å². The van der Waals surface area contributed by atoms with Gasteiger partial charge in [0.2, 0.25) is 0 Å². The number of anilines is 2. The van der Waals surface area contributed by atoms with Crippen LogP contribution < -0.4 is 15.1 Å². The SMILES string of the molecule is COCCOC(NC=S)[C@@H]1CN(c2ccc(N3CCOC3=O)cc2)C(=O)O1. The zero-order valence-corrected chi connectivity index (χ0v) is 15.6. The van der Waals surface area contributed by atoms with Gasteiger partial charge in [0.15, 0.2) is 12.3 Å². The van der Waals surface area contributed by atoms with E-state index >= 15 is 0 Å². The molecular formula is C17H21N3O6S. The number of amides is 2. The van der Waals surface area contributed by atoms with E-state index < -0.39 is 18.4 Å². The van der Waals surface area contributed by atoms with Gasteiger partial charge in [-0.3, -0.25) is 9.80 Å². The Kier molecular flexibility index (Phi) is 6.43. The topological polar surface area (TPSA) is 89.6 Å². The van der Waals surface area contributed by atoms with E-state index in [1.165, 1.54) is 15.3 Å². The van der Waals surface area contributed by atoms with Crippen molar-refractivity contribution in [2.45, 2.75) is 12.3 Å². The quantitative estimate of drug-likeness (QED) is 0.382. The lowest BCUT2D eigenvalue weighted by Gasteiger charge is -2.22. The van der Waals surface area contributed by atoms with Crippen molar-refractivity contribution in [3.63, 3.8) is 0 Å². The van der Waals surface area contributed by atoms with Crippen LogP contribution >= 0.6 is 12.2 Å². The second kappa shape index (κ2) is 8.98. The summed E-state index contributed by atoms with van der Waals surface area (Å²) in [7, 11) is 1.58. The molecule has 0 aromatic heterocycles. The first-order valence-corrected chi connectivity index (χ1v) is 8.94. The maximum absolute atomic E-state index is 12.3. The van der Waals surface area contributed by atoms with Crippen molar-refractivity contribution in [1.29, 1.82) is 0 Å². The highest BCUT2D eigenvalue weighted by Crippen LogP contribution is 2.27. The van der Waals surface area contributed by atoms with Crippen molar-refractivity contribution in [3.8, 4) is 0 Å². The van der Waals surface area contributed by atoms with Crippen molar-refractivity contribution in [3.05, 3.63) is 24.3 Å². The summed E-state index contributed by atoms with van der Waals surface area (Å²) in [5.41, 5.74) is 2.71. The van der Waals surface area contributed by atoms with Gasteiger partial charge < -0.3 is 24.3 Å². The van der Waals surface area contributed by atoms with Crippen LogP contribution in [0.4, 0.5) is 21.0 Å². The minimum Gasteiger partial charge on any atom is -0.447 e. The van der Waals surface area contributed by atoms with Crippen LogP contribution in [0.25, 0.3) is 0 Å². The van der Waals surface area contributed by atoms with Gasteiger partial charge >= 0.3 is 12.2 Å². The van der Waals surface area contributed by atoms with E-state index in [9.17, 15) is 9.59 Å². The fourth-order valence-corrected chi connectivity index (χ4v) is 3.02. The van der Waals surface area contributed by atoms with Crippen molar-refractivity contribution in [1.82, 2.24) is 5.32 Å². The number of carbonyl (C=O) groups is 2. The van der Waals surface area contributed by atoms with Crippen LogP contribution in [0.2, 0.25) is 0 Å². The fraction of sp³-hybridized carbons (Fsp3) is 0.471. The molecule has 146 valence electrons. The Morgan fingerprint density at radius 2 is 1.93 bits per heavy atom. The number of hydrogen-bond acceptors (Lipinski definition) is 7. The highest BCUT2D eigenvalue weighted by atomic mass is 32.1. The van der Waals surface area contributed by atoms with E-state index in [1.807, 2.05) is 0 Å². The van der Waals surface area contributed by atoms with Crippen LogP contribution in [0.15, 0.2) is 24.3 Å². The third kappa shape index (κ3) is 4.46. The van der Waals surface area contributed by atoms with Gasteiger partial charge in [-0.1, -0.05) is 12.2 Å². The molecule has 2 amide bonds. The van der Waals surface area contributed by atoms with E-state index in [0.29, 0.717) is 44.3 Å². The number of thiocarbonyl (C=S) groups is 1. The summed E-state index contributed by atoms with van der Waals surface area (Å²) in [4.78, 5) is 27.0. The minimum atomic E-state index is -0.565. The molecule has 10 heteroatoms. The molecule has 3 rings (SSSR count). The number of hydrogen-bond donors (Lipinski definition) is 1. The molecule has 0 radical (unpaired) electrons. The van der Waals surface area contributed by atoms with Crippen molar-refractivity contribution in [2.75, 3.05) is 49.8 Å². The molecule has 2 fully saturated rings. The van der Waals surface area contributed by atoms with Gasteiger partial charge in [-0.25, -0.2) is 9.59 Å². The molecule has 2 atom stereocenters. The summed E-state index contributed by atoms with van der Waals surface area (Å²) in [6.07, 6.45) is -1.93. The van der Waals surface area contributed by atoms with Crippen molar-refractivity contribution >= 4 is 41.3 Å². The number of ether oxygens (including phenoxy) is 4. The predicted molar refractivity (Wildman–Crippen MR) is 101 cm³/mol. The molecule has 27 heavy (non-hydrogen) atoms. The van der Waals surface area contributed by atoms with Crippen LogP contribution in [0.3, 0.4) is 0 Å². The van der Waals surface area contributed by atoms with E-state index in [1.54, 1.807) is 31.4 Å². The lowest BCUT2D eigenvalue weighted by atomic mass is 10.2. The number of cyclic esters (lactones) is 2. The zero-order chi connectivity index (χ0) is 19.2. The average molecular weight is 395 g/mol. The zero-order valence-electron chi connectivity index (χ0n) is 14.8. The Balaban J connectivity index is 1.65. The summed E-state index contributed by atoms with van der Waals surface area (Å²) in [6.45, 7) is 1.94. The summed E-state index contributed by atoms with van der Waals surface area (Å²) in [5, 5.41) is 2.88.